The molecule has 0 aliphatic carbocycles. The standard InChI is InChI=1S/C16H31NO3/c1-13(2)15(18)10-8-6-5-7-9-11-17-16(19)12-20-14(3)4/h13-14H,5-12H2,1-4H3,(H,17,19). The van der Waals surface area contributed by atoms with Crippen molar-refractivity contribution in [1.82, 2.24) is 5.32 Å². The van der Waals surface area contributed by atoms with Crippen molar-refractivity contribution in [3.63, 3.8) is 0 Å². The van der Waals surface area contributed by atoms with Gasteiger partial charge in [-0.3, -0.25) is 9.59 Å². The maximum Gasteiger partial charge on any atom is 0.246 e. The van der Waals surface area contributed by atoms with Crippen LogP contribution in [0.15, 0.2) is 0 Å². The Bertz CT molecular complexity index is 275. The summed E-state index contributed by atoms with van der Waals surface area (Å²) >= 11 is 0. The molecule has 0 aromatic rings. The van der Waals surface area contributed by atoms with Crippen LogP contribution in [-0.2, 0) is 14.3 Å². The van der Waals surface area contributed by atoms with Crippen molar-refractivity contribution >= 4 is 11.7 Å². The van der Waals surface area contributed by atoms with Crippen LogP contribution >= 0.6 is 0 Å². The fourth-order valence-corrected chi connectivity index (χ4v) is 1.76. The Kier molecular flexibility index (Phi) is 11.4. The number of rotatable bonds is 12. The van der Waals surface area contributed by atoms with Gasteiger partial charge in [-0.05, 0) is 26.7 Å². The Morgan fingerprint density at radius 3 is 2.15 bits per heavy atom. The third kappa shape index (κ3) is 12.2. The molecule has 0 heterocycles. The highest BCUT2D eigenvalue weighted by Gasteiger charge is 2.06. The molecule has 0 spiro atoms. The third-order valence-electron chi connectivity index (χ3n) is 3.11. The number of ketones is 1. The summed E-state index contributed by atoms with van der Waals surface area (Å²) in [6.07, 6.45) is 6.11. The molecule has 118 valence electrons. The number of ether oxygens (including phenoxy) is 1. The molecule has 1 amide bonds. The molecule has 0 rings (SSSR count). The van der Waals surface area contributed by atoms with E-state index >= 15 is 0 Å². The lowest BCUT2D eigenvalue weighted by atomic mass is 10.0. The summed E-state index contributed by atoms with van der Waals surface area (Å²) in [4.78, 5) is 22.8. The summed E-state index contributed by atoms with van der Waals surface area (Å²) in [5.41, 5.74) is 0. The Morgan fingerprint density at radius 2 is 1.55 bits per heavy atom. The Balaban J connectivity index is 3.28. The van der Waals surface area contributed by atoms with Gasteiger partial charge in [-0.2, -0.15) is 0 Å². The van der Waals surface area contributed by atoms with Crippen LogP contribution < -0.4 is 5.32 Å². The smallest absolute Gasteiger partial charge is 0.246 e. The molecule has 1 N–H and O–H groups in total. The third-order valence-corrected chi connectivity index (χ3v) is 3.11. The largest absolute Gasteiger partial charge is 0.369 e. The minimum Gasteiger partial charge on any atom is -0.369 e. The molecule has 0 aromatic heterocycles. The van der Waals surface area contributed by atoms with Crippen LogP contribution in [0.4, 0.5) is 0 Å². The van der Waals surface area contributed by atoms with Gasteiger partial charge in [0.05, 0.1) is 6.10 Å². The zero-order valence-electron chi connectivity index (χ0n) is 13.5. The fraction of sp³-hybridized carbons (Fsp3) is 0.875. The lowest BCUT2D eigenvalue weighted by Gasteiger charge is -2.08. The molecule has 0 bridgehead atoms. The van der Waals surface area contributed by atoms with Crippen molar-refractivity contribution in [2.24, 2.45) is 5.92 Å². The zero-order chi connectivity index (χ0) is 15.4. The lowest BCUT2D eigenvalue weighted by molar-refractivity contribution is -0.127. The molecule has 0 aliphatic rings. The molecule has 4 nitrogen and oxygen atoms in total. The number of Topliss-reactive ketones (excluding diaryl/α,β-unsaturated/α-hetero) is 1. The SMILES string of the molecule is CC(C)OCC(=O)NCCCCCCCC(=O)C(C)C. The molecule has 0 atom stereocenters. The van der Waals surface area contributed by atoms with E-state index in [9.17, 15) is 9.59 Å². The minimum atomic E-state index is -0.0405. The Hall–Kier alpha value is -0.900. The van der Waals surface area contributed by atoms with Crippen molar-refractivity contribution in [3.05, 3.63) is 0 Å². The van der Waals surface area contributed by atoms with Gasteiger partial charge in [0.1, 0.15) is 12.4 Å². The average Bonchev–Trinajstić information content (AvgIpc) is 2.38. The van der Waals surface area contributed by atoms with Gasteiger partial charge in [-0.25, -0.2) is 0 Å². The number of unbranched alkanes of at least 4 members (excludes halogenated alkanes) is 4. The number of amides is 1. The van der Waals surface area contributed by atoms with Gasteiger partial charge in [0.25, 0.3) is 0 Å². The molecule has 0 saturated heterocycles. The normalized spacial score (nSPS) is 11.1. The van der Waals surface area contributed by atoms with Gasteiger partial charge in [0.15, 0.2) is 0 Å². The van der Waals surface area contributed by atoms with Gasteiger partial charge >= 0.3 is 0 Å². The van der Waals surface area contributed by atoms with E-state index in [0.717, 1.165) is 32.1 Å². The minimum absolute atomic E-state index is 0.0405. The maximum atomic E-state index is 11.4. The summed E-state index contributed by atoms with van der Waals surface area (Å²) < 4.78 is 5.21. The molecule has 0 aromatic carbocycles. The maximum absolute atomic E-state index is 11.4. The first kappa shape index (κ1) is 19.1. The molecule has 0 radical (unpaired) electrons. The number of carbonyl (C=O) groups excluding carboxylic acids is 2. The van der Waals surface area contributed by atoms with Gasteiger partial charge in [-0.15, -0.1) is 0 Å². The van der Waals surface area contributed by atoms with Crippen molar-refractivity contribution < 1.29 is 14.3 Å². The number of nitrogens with one attached hydrogen (secondary N) is 1. The van der Waals surface area contributed by atoms with Crippen molar-refractivity contribution in [2.75, 3.05) is 13.2 Å². The second-order valence-corrected chi connectivity index (χ2v) is 5.85. The monoisotopic (exact) mass is 285 g/mol. The summed E-state index contributed by atoms with van der Waals surface area (Å²) in [5.74, 6) is 0.488. The van der Waals surface area contributed by atoms with Gasteiger partial charge in [0, 0.05) is 18.9 Å². The van der Waals surface area contributed by atoms with Crippen molar-refractivity contribution in [2.45, 2.75) is 72.3 Å². The summed E-state index contributed by atoms with van der Waals surface area (Å²) in [5, 5.41) is 2.84. The van der Waals surface area contributed by atoms with Gasteiger partial charge < -0.3 is 10.1 Å². The molecule has 0 aliphatic heterocycles. The second-order valence-electron chi connectivity index (χ2n) is 5.85. The molecule has 0 fully saturated rings. The number of hydrogen-bond donors (Lipinski definition) is 1. The van der Waals surface area contributed by atoms with Crippen LogP contribution in [0.5, 0.6) is 0 Å². The fourth-order valence-electron chi connectivity index (χ4n) is 1.76. The molecule has 0 unspecified atom stereocenters. The quantitative estimate of drug-likeness (QED) is 0.561. The van der Waals surface area contributed by atoms with E-state index in [4.69, 9.17) is 4.74 Å². The average molecular weight is 285 g/mol. The highest BCUT2D eigenvalue weighted by atomic mass is 16.5. The van der Waals surface area contributed by atoms with Crippen molar-refractivity contribution in [1.29, 1.82) is 0 Å². The molecular weight excluding hydrogens is 254 g/mol. The Labute approximate surface area is 123 Å². The molecule has 20 heavy (non-hydrogen) atoms. The molecular formula is C16H31NO3. The van der Waals surface area contributed by atoms with Crippen LogP contribution in [0.1, 0.15) is 66.2 Å². The highest BCUT2D eigenvalue weighted by molar-refractivity contribution is 5.80. The van der Waals surface area contributed by atoms with Crippen molar-refractivity contribution in [3.8, 4) is 0 Å². The van der Waals surface area contributed by atoms with Gasteiger partial charge in [-0.1, -0.05) is 33.1 Å². The summed E-state index contributed by atoms with van der Waals surface area (Å²) in [6.45, 7) is 8.59. The van der Waals surface area contributed by atoms with Crippen LogP contribution in [0, 0.1) is 5.92 Å². The highest BCUT2D eigenvalue weighted by Crippen LogP contribution is 2.08. The number of carbonyl (C=O) groups is 2. The van der Waals surface area contributed by atoms with E-state index in [0.29, 0.717) is 18.7 Å². The molecule has 4 heteroatoms. The number of hydrogen-bond acceptors (Lipinski definition) is 3. The van der Waals surface area contributed by atoms with E-state index < -0.39 is 0 Å². The first-order valence-corrected chi connectivity index (χ1v) is 7.84. The topological polar surface area (TPSA) is 55.4 Å². The van der Waals surface area contributed by atoms with E-state index in [1.807, 2.05) is 27.7 Å². The van der Waals surface area contributed by atoms with Crippen LogP contribution in [0.2, 0.25) is 0 Å². The predicted molar refractivity (Wildman–Crippen MR) is 81.6 cm³/mol. The lowest BCUT2D eigenvalue weighted by Crippen LogP contribution is -2.29. The van der Waals surface area contributed by atoms with Gasteiger partial charge in [0.2, 0.25) is 5.91 Å². The zero-order valence-corrected chi connectivity index (χ0v) is 13.5. The van der Waals surface area contributed by atoms with Crippen LogP contribution in [0.25, 0.3) is 0 Å². The summed E-state index contributed by atoms with van der Waals surface area (Å²) in [7, 11) is 0. The first-order valence-electron chi connectivity index (χ1n) is 7.84. The second kappa shape index (κ2) is 11.9. The Morgan fingerprint density at radius 1 is 0.950 bits per heavy atom. The molecule has 0 saturated carbocycles. The first-order chi connectivity index (χ1) is 9.43. The van der Waals surface area contributed by atoms with E-state index in [1.165, 1.54) is 0 Å². The predicted octanol–water partition coefficient (Wildman–Crippen LogP) is 3.09. The van der Waals surface area contributed by atoms with E-state index in [-0.39, 0.29) is 24.5 Å². The van der Waals surface area contributed by atoms with Crippen LogP contribution in [-0.4, -0.2) is 30.9 Å². The van der Waals surface area contributed by atoms with E-state index in [2.05, 4.69) is 5.32 Å². The van der Waals surface area contributed by atoms with E-state index in [1.54, 1.807) is 0 Å². The van der Waals surface area contributed by atoms with Crippen LogP contribution in [0.3, 0.4) is 0 Å². The summed E-state index contributed by atoms with van der Waals surface area (Å²) in [6, 6.07) is 0.